The first-order valence-electron chi connectivity index (χ1n) is 7.26. The van der Waals surface area contributed by atoms with Gasteiger partial charge in [-0.3, -0.25) is 4.90 Å². The van der Waals surface area contributed by atoms with Crippen molar-refractivity contribution in [1.82, 2.24) is 4.90 Å². The summed E-state index contributed by atoms with van der Waals surface area (Å²) in [5.41, 5.74) is 1.53. The molecular formula is C15H24BNO3. The van der Waals surface area contributed by atoms with Gasteiger partial charge in [0.25, 0.3) is 0 Å². The molecule has 0 amide bonds. The van der Waals surface area contributed by atoms with Crippen molar-refractivity contribution < 1.29 is 14.8 Å². The highest BCUT2D eigenvalue weighted by atomic mass is 16.5. The van der Waals surface area contributed by atoms with Gasteiger partial charge in [0.2, 0.25) is 0 Å². The van der Waals surface area contributed by atoms with E-state index in [0.29, 0.717) is 11.4 Å². The summed E-state index contributed by atoms with van der Waals surface area (Å²) in [4.78, 5) is 2.41. The Hall–Kier alpha value is -1.04. The molecule has 0 spiro atoms. The third-order valence-electron chi connectivity index (χ3n) is 4.41. The molecule has 1 aliphatic rings. The summed E-state index contributed by atoms with van der Waals surface area (Å²) in [7, 11) is 0.217. The number of ether oxygens (including phenoxy) is 1. The van der Waals surface area contributed by atoms with Crippen molar-refractivity contribution in [2.75, 3.05) is 20.2 Å². The Morgan fingerprint density at radius 1 is 1.30 bits per heavy atom. The summed E-state index contributed by atoms with van der Waals surface area (Å²) in [6, 6.07) is 5.32. The van der Waals surface area contributed by atoms with Crippen molar-refractivity contribution in [3.8, 4) is 5.75 Å². The van der Waals surface area contributed by atoms with Crippen LogP contribution in [0.2, 0.25) is 0 Å². The Labute approximate surface area is 121 Å². The average molecular weight is 277 g/mol. The molecule has 1 saturated heterocycles. The van der Waals surface area contributed by atoms with Crippen LogP contribution in [-0.4, -0.2) is 42.3 Å². The molecule has 1 aromatic carbocycles. The van der Waals surface area contributed by atoms with Gasteiger partial charge in [-0.25, -0.2) is 0 Å². The van der Waals surface area contributed by atoms with Crippen LogP contribution in [0.3, 0.4) is 0 Å². The van der Waals surface area contributed by atoms with E-state index in [1.165, 1.54) is 6.42 Å². The fraction of sp³-hybridized carbons (Fsp3) is 0.600. The zero-order valence-corrected chi connectivity index (χ0v) is 12.5. The van der Waals surface area contributed by atoms with Crippen LogP contribution in [-0.2, 0) is 6.54 Å². The summed E-state index contributed by atoms with van der Waals surface area (Å²) in [5.74, 6) is 2.28. The van der Waals surface area contributed by atoms with Crippen molar-refractivity contribution in [2.24, 2.45) is 11.8 Å². The number of nitrogens with zero attached hydrogens (tertiary/aromatic N) is 1. The molecule has 20 heavy (non-hydrogen) atoms. The first-order valence-corrected chi connectivity index (χ1v) is 7.26. The average Bonchev–Trinajstić information content (AvgIpc) is 2.42. The Bertz CT molecular complexity index is 453. The maximum atomic E-state index is 9.30. The van der Waals surface area contributed by atoms with E-state index in [4.69, 9.17) is 4.74 Å². The Morgan fingerprint density at radius 2 is 2.05 bits per heavy atom. The third kappa shape index (κ3) is 3.54. The molecule has 4 nitrogen and oxygen atoms in total. The van der Waals surface area contributed by atoms with Gasteiger partial charge in [0.05, 0.1) is 7.11 Å². The molecule has 2 atom stereocenters. The van der Waals surface area contributed by atoms with Gasteiger partial charge < -0.3 is 14.8 Å². The van der Waals surface area contributed by atoms with Crippen molar-refractivity contribution >= 4 is 12.6 Å². The maximum Gasteiger partial charge on any atom is 0.488 e. The molecule has 2 rings (SSSR count). The second kappa shape index (κ2) is 6.61. The minimum atomic E-state index is -1.43. The smallest absolute Gasteiger partial charge is 0.488 e. The number of likely N-dealkylation sites (tertiary alicyclic amines) is 1. The molecule has 2 N–H and O–H groups in total. The Balaban J connectivity index is 2.13. The lowest BCUT2D eigenvalue weighted by molar-refractivity contribution is 0.131. The highest BCUT2D eigenvalue weighted by molar-refractivity contribution is 6.58. The summed E-state index contributed by atoms with van der Waals surface area (Å²) < 4.78 is 5.38. The molecule has 0 aliphatic carbocycles. The Morgan fingerprint density at radius 3 is 2.65 bits per heavy atom. The number of methoxy groups -OCH3 is 1. The van der Waals surface area contributed by atoms with E-state index in [-0.39, 0.29) is 0 Å². The highest BCUT2D eigenvalue weighted by Gasteiger charge is 2.23. The van der Waals surface area contributed by atoms with Crippen LogP contribution in [0.25, 0.3) is 0 Å². The lowest BCUT2D eigenvalue weighted by Crippen LogP contribution is -2.38. The molecule has 2 unspecified atom stereocenters. The summed E-state index contributed by atoms with van der Waals surface area (Å²) in [6.07, 6.45) is 1.21. The van der Waals surface area contributed by atoms with Crippen LogP contribution >= 0.6 is 0 Å². The largest absolute Gasteiger partial charge is 0.496 e. The van der Waals surface area contributed by atoms with Gasteiger partial charge in [-0.2, -0.15) is 0 Å². The molecule has 0 saturated carbocycles. The van der Waals surface area contributed by atoms with Crippen molar-refractivity contribution in [2.45, 2.75) is 26.8 Å². The molecule has 0 bridgehead atoms. The number of hydrogen-bond donors (Lipinski definition) is 2. The summed E-state index contributed by atoms with van der Waals surface area (Å²) in [5, 5.41) is 18.6. The van der Waals surface area contributed by atoms with E-state index in [1.807, 2.05) is 6.07 Å². The predicted molar refractivity (Wildman–Crippen MR) is 81.0 cm³/mol. The van der Waals surface area contributed by atoms with E-state index in [0.717, 1.165) is 36.9 Å². The molecule has 0 radical (unpaired) electrons. The summed E-state index contributed by atoms with van der Waals surface area (Å²) in [6.45, 7) is 7.56. The SMILES string of the molecule is COc1ccc(B(O)O)cc1CN1CCC(C)C(C)C1. The number of benzene rings is 1. The van der Waals surface area contributed by atoms with Gasteiger partial charge in [0.1, 0.15) is 5.75 Å². The fourth-order valence-electron chi connectivity index (χ4n) is 2.82. The van der Waals surface area contributed by atoms with Gasteiger partial charge in [-0.15, -0.1) is 0 Å². The van der Waals surface area contributed by atoms with Crippen molar-refractivity contribution in [3.63, 3.8) is 0 Å². The number of hydrogen-bond acceptors (Lipinski definition) is 4. The lowest BCUT2D eigenvalue weighted by Gasteiger charge is -2.35. The second-order valence-electron chi connectivity index (χ2n) is 5.92. The first-order chi connectivity index (χ1) is 9.51. The van der Waals surface area contributed by atoms with E-state index >= 15 is 0 Å². The van der Waals surface area contributed by atoms with Crippen LogP contribution in [0.1, 0.15) is 25.8 Å². The third-order valence-corrected chi connectivity index (χ3v) is 4.41. The van der Waals surface area contributed by atoms with Gasteiger partial charge in [-0.1, -0.05) is 26.0 Å². The molecule has 1 fully saturated rings. The minimum absolute atomic E-state index is 0.513. The molecule has 1 heterocycles. The summed E-state index contributed by atoms with van der Waals surface area (Å²) >= 11 is 0. The van der Waals surface area contributed by atoms with Crippen LogP contribution in [0.15, 0.2) is 18.2 Å². The van der Waals surface area contributed by atoms with Crippen LogP contribution in [0.5, 0.6) is 5.75 Å². The predicted octanol–water partition coefficient (Wildman–Crippen LogP) is 0.853. The normalized spacial score (nSPS) is 23.6. The zero-order chi connectivity index (χ0) is 14.7. The maximum absolute atomic E-state index is 9.30. The van der Waals surface area contributed by atoms with E-state index < -0.39 is 7.12 Å². The second-order valence-corrected chi connectivity index (χ2v) is 5.92. The van der Waals surface area contributed by atoms with Gasteiger partial charge in [0.15, 0.2) is 0 Å². The fourth-order valence-corrected chi connectivity index (χ4v) is 2.82. The van der Waals surface area contributed by atoms with Crippen LogP contribution in [0.4, 0.5) is 0 Å². The van der Waals surface area contributed by atoms with E-state index in [2.05, 4.69) is 18.7 Å². The standard InChI is InChI=1S/C15H24BNO3/c1-11-6-7-17(9-12(11)2)10-13-8-14(16(18)19)4-5-15(13)20-3/h4-5,8,11-12,18-19H,6-7,9-10H2,1-3H3. The topological polar surface area (TPSA) is 52.9 Å². The van der Waals surface area contributed by atoms with Crippen LogP contribution < -0.4 is 10.2 Å². The quantitative estimate of drug-likeness (QED) is 0.801. The van der Waals surface area contributed by atoms with Gasteiger partial charge in [0, 0.05) is 18.7 Å². The van der Waals surface area contributed by atoms with E-state index in [9.17, 15) is 10.0 Å². The van der Waals surface area contributed by atoms with Crippen LogP contribution in [0, 0.1) is 11.8 Å². The lowest BCUT2D eigenvalue weighted by atomic mass is 9.79. The highest BCUT2D eigenvalue weighted by Crippen LogP contribution is 2.26. The van der Waals surface area contributed by atoms with Gasteiger partial charge in [-0.05, 0) is 36.3 Å². The van der Waals surface area contributed by atoms with Crippen molar-refractivity contribution in [3.05, 3.63) is 23.8 Å². The van der Waals surface area contributed by atoms with Crippen molar-refractivity contribution in [1.29, 1.82) is 0 Å². The molecular weight excluding hydrogens is 253 g/mol. The number of rotatable bonds is 4. The zero-order valence-electron chi connectivity index (χ0n) is 12.5. The molecule has 5 heteroatoms. The molecule has 110 valence electrons. The van der Waals surface area contributed by atoms with Gasteiger partial charge >= 0.3 is 7.12 Å². The molecule has 1 aliphatic heterocycles. The number of piperidine rings is 1. The first kappa shape index (κ1) is 15.4. The molecule has 1 aromatic rings. The molecule has 0 aromatic heterocycles. The Kier molecular flexibility index (Phi) is 5.08. The van der Waals surface area contributed by atoms with E-state index in [1.54, 1.807) is 19.2 Å². The monoisotopic (exact) mass is 277 g/mol. The minimum Gasteiger partial charge on any atom is -0.496 e.